The molecule has 0 radical (unpaired) electrons. The van der Waals surface area contributed by atoms with E-state index in [1.54, 1.807) is 6.92 Å². The second-order valence-corrected chi connectivity index (χ2v) is 5.28. The van der Waals surface area contributed by atoms with Gasteiger partial charge in [0.15, 0.2) is 0 Å². The third kappa shape index (κ3) is 3.20. The lowest BCUT2D eigenvalue weighted by Crippen LogP contribution is -2.35. The highest BCUT2D eigenvalue weighted by molar-refractivity contribution is 6.31. The van der Waals surface area contributed by atoms with Crippen molar-refractivity contribution in [3.63, 3.8) is 0 Å². The number of rotatable bonds is 2. The van der Waals surface area contributed by atoms with Crippen molar-refractivity contribution < 1.29 is 18.7 Å². The van der Waals surface area contributed by atoms with E-state index in [0.717, 1.165) is 6.07 Å². The standard InChI is InChI=1S/C12H13ClF2N2O2/c1-12(19)4-10(16-5-12)11(18)17-9-2-6(13)7(14)3-8(9)15/h2-3,10,16,19H,4-5H2,1H3,(H,17,18). The number of halogens is 3. The molecule has 19 heavy (non-hydrogen) atoms. The molecular formula is C12H13ClF2N2O2. The fourth-order valence-electron chi connectivity index (χ4n) is 1.95. The van der Waals surface area contributed by atoms with E-state index >= 15 is 0 Å². The molecule has 1 saturated heterocycles. The van der Waals surface area contributed by atoms with Gasteiger partial charge in [0.05, 0.1) is 22.4 Å². The molecule has 1 aromatic rings. The zero-order valence-electron chi connectivity index (χ0n) is 10.1. The summed E-state index contributed by atoms with van der Waals surface area (Å²) in [7, 11) is 0. The Morgan fingerprint density at radius 2 is 2.21 bits per heavy atom. The molecule has 4 nitrogen and oxygen atoms in total. The van der Waals surface area contributed by atoms with Crippen molar-refractivity contribution in [3.8, 4) is 0 Å². The third-order valence-corrected chi connectivity index (χ3v) is 3.25. The number of anilines is 1. The van der Waals surface area contributed by atoms with Gasteiger partial charge in [0.25, 0.3) is 0 Å². The topological polar surface area (TPSA) is 61.4 Å². The molecule has 0 saturated carbocycles. The number of benzene rings is 1. The molecule has 7 heteroatoms. The van der Waals surface area contributed by atoms with Gasteiger partial charge in [-0.1, -0.05) is 11.6 Å². The zero-order valence-corrected chi connectivity index (χ0v) is 10.9. The monoisotopic (exact) mass is 290 g/mol. The predicted octanol–water partition coefficient (Wildman–Crippen LogP) is 1.67. The molecular weight excluding hydrogens is 278 g/mol. The van der Waals surface area contributed by atoms with Crippen molar-refractivity contribution in [2.45, 2.75) is 25.0 Å². The number of hydrogen-bond donors (Lipinski definition) is 3. The van der Waals surface area contributed by atoms with Crippen molar-refractivity contribution >= 4 is 23.2 Å². The number of hydrogen-bond acceptors (Lipinski definition) is 3. The first-order valence-electron chi connectivity index (χ1n) is 5.70. The number of carbonyl (C=O) groups excluding carboxylic acids is 1. The Morgan fingerprint density at radius 3 is 2.79 bits per heavy atom. The molecule has 1 heterocycles. The van der Waals surface area contributed by atoms with Crippen molar-refractivity contribution in [3.05, 3.63) is 28.8 Å². The summed E-state index contributed by atoms with van der Waals surface area (Å²) < 4.78 is 26.4. The van der Waals surface area contributed by atoms with Crippen LogP contribution in [-0.4, -0.2) is 29.2 Å². The molecule has 3 N–H and O–H groups in total. The first kappa shape index (κ1) is 14.2. The van der Waals surface area contributed by atoms with Crippen LogP contribution in [0, 0.1) is 11.6 Å². The van der Waals surface area contributed by atoms with Crippen molar-refractivity contribution in [2.24, 2.45) is 0 Å². The number of carbonyl (C=O) groups is 1. The van der Waals surface area contributed by atoms with Gasteiger partial charge in [0, 0.05) is 19.0 Å². The summed E-state index contributed by atoms with van der Waals surface area (Å²) in [6.45, 7) is 1.88. The average molecular weight is 291 g/mol. The third-order valence-electron chi connectivity index (χ3n) is 2.96. The zero-order chi connectivity index (χ0) is 14.2. The summed E-state index contributed by atoms with van der Waals surface area (Å²) in [5.41, 5.74) is -1.16. The van der Waals surface area contributed by atoms with Crippen LogP contribution in [0.3, 0.4) is 0 Å². The van der Waals surface area contributed by atoms with Gasteiger partial charge in [0.1, 0.15) is 11.6 Å². The quantitative estimate of drug-likeness (QED) is 0.726. The van der Waals surface area contributed by atoms with E-state index in [1.165, 1.54) is 0 Å². The lowest BCUT2D eigenvalue weighted by atomic mass is 10.0. The fourth-order valence-corrected chi connectivity index (χ4v) is 2.11. The summed E-state index contributed by atoms with van der Waals surface area (Å²) in [6.07, 6.45) is 0.218. The summed E-state index contributed by atoms with van der Waals surface area (Å²) in [6, 6.07) is 0.992. The number of β-amino-alcohol motifs (C(OH)–C–C–N with tert-alkyl or cyclic N) is 1. The van der Waals surface area contributed by atoms with Crippen LogP contribution in [0.1, 0.15) is 13.3 Å². The minimum Gasteiger partial charge on any atom is -0.389 e. The first-order chi connectivity index (χ1) is 8.78. The number of aliphatic hydroxyl groups is 1. The van der Waals surface area contributed by atoms with Crippen LogP contribution in [0.25, 0.3) is 0 Å². The smallest absolute Gasteiger partial charge is 0.241 e. The molecule has 104 valence electrons. The van der Waals surface area contributed by atoms with Crippen molar-refractivity contribution in [2.75, 3.05) is 11.9 Å². The van der Waals surface area contributed by atoms with E-state index in [9.17, 15) is 18.7 Å². The van der Waals surface area contributed by atoms with Crippen LogP contribution < -0.4 is 10.6 Å². The van der Waals surface area contributed by atoms with E-state index in [0.29, 0.717) is 6.07 Å². The SMILES string of the molecule is CC1(O)CNC(C(=O)Nc2cc(Cl)c(F)cc2F)C1. The van der Waals surface area contributed by atoms with Gasteiger partial charge in [-0.15, -0.1) is 0 Å². The minimum atomic E-state index is -0.971. The van der Waals surface area contributed by atoms with Crippen molar-refractivity contribution in [1.82, 2.24) is 5.32 Å². The second-order valence-electron chi connectivity index (χ2n) is 4.87. The maximum atomic E-state index is 13.4. The van der Waals surface area contributed by atoms with Gasteiger partial charge in [-0.25, -0.2) is 8.78 Å². The van der Waals surface area contributed by atoms with E-state index in [4.69, 9.17) is 11.6 Å². The van der Waals surface area contributed by atoms with Gasteiger partial charge in [-0.2, -0.15) is 0 Å². The highest BCUT2D eigenvalue weighted by Crippen LogP contribution is 2.24. The largest absolute Gasteiger partial charge is 0.389 e. The van der Waals surface area contributed by atoms with Crippen LogP contribution in [0.4, 0.5) is 14.5 Å². The second kappa shape index (κ2) is 5.03. The summed E-state index contributed by atoms with van der Waals surface area (Å²) >= 11 is 5.53. The minimum absolute atomic E-state index is 0.190. The first-order valence-corrected chi connectivity index (χ1v) is 6.07. The lowest BCUT2D eigenvalue weighted by molar-refractivity contribution is -0.118. The predicted molar refractivity (Wildman–Crippen MR) is 67.0 cm³/mol. The van der Waals surface area contributed by atoms with E-state index < -0.39 is 29.2 Å². The molecule has 1 fully saturated rings. The normalized spacial score (nSPS) is 26.5. The molecule has 0 spiro atoms. The maximum Gasteiger partial charge on any atom is 0.241 e. The molecule has 1 aromatic carbocycles. The molecule has 1 amide bonds. The Balaban J connectivity index is 2.10. The van der Waals surface area contributed by atoms with Gasteiger partial charge in [-0.05, 0) is 13.0 Å². The Hall–Kier alpha value is -1.24. The fraction of sp³-hybridized carbons (Fsp3) is 0.417. The van der Waals surface area contributed by atoms with Gasteiger partial charge >= 0.3 is 0 Å². The maximum absolute atomic E-state index is 13.4. The van der Waals surface area contributed by atoms with Crippen LogP contribution in [0.15, 0.2) is 12.1 Å². The van der Waals surface area contributed by atoms with Crippen molar-refractivity contribution in [1.29, 1.82) is 0 Å². The Kier molecular flexibility index (Phi) is 3.75. The van der Waals surface area contributed by atoms with Crippen LogP contribution in [-0.2, 0) is 4.79 Å². The van der Waals surface area contributed by atoms with E-state index in [2.05, 4.69) is 10.6 Å². The molecule has 0 bridgehead atoms. The Labute approximate surface area is 113 Å². The molecule has 2 unspecified atom stereocenters. The van der Waals surface area contributed by atoms with Gasteiger partial charge < -0.3 is 15.7 Å². The molecule has 0 aliphatic carbocycles. The number of nitrogens with one attached hydrogen (secondary N) is 2. The van der Waals surface area contributed by atoms with Gasteiger partial charge in [0.2, 0.25) is 5.91 Å². The van der Waals surface area contributed by atoms with Crippen LogP contribution >= 0.6 is 11.6 Å². The summed E-state index contributed by atoms with van der Waals surface area (Å²) in [5.74, 6) is -2.29. The lowest BCUT2D eigenvalue weighted by Gasteiger charge is -2.14. The molecule has 2 rings (SSSR count). The molecule has 0 aromatic heterocycles. The highest BCUT2D eigenvalue weighted by atomic mass is 35.5. The average Bonchev–Trinajstić information content (AvgIpc) is 2.66. The Morgan fingerprint density at radius 1 is 1.53 bits per heavy atom. The number of amides is 1. The molecule has 1 aliphatic rings. The van der Waals surface area contributed by atoms with Gasteiger partial charge in [-0.3, -0.25) is 4.79 Å². The van der Waals surface area contributed by atoms with Crippen LogP contribution in [0.5, 0.6) is 0 Å². The molecule has 2 atom stereocenters. The van der Waals surface area contributed by atoms with E-state index in [1.807, 2.05) is 0 Å². The summed E-state index contributed by atoms with van der Waals surface area (Å²) in [5, 5.41) is 14.6. The van der Waals surface area contributed by atoms with E-state index in [-0.39, 0.29) is 23.7 Å². The summed E-state index contributed by atoms with van der Waals surface area (Å²) in [4.78, 5) is 11.9. The Bertz CT molecular complexity index is 523. The molecule has 1 aliphatic heterocycles. The highest BCUT2D eigenvalue weighted by Gasteiger charge is 2.36. The van der Waals surface area contributed by atoms with Crippen LogP contribution in [0.2, 0.25) is 5.02 Å².